The third-order valence-corrected chi connectivity index (χ3v) is 4.17. The van der Waals surface area contributed by atoms with E-state index in [0.717, 1.165) is 12.1 Å². The lowest BCUT2D eigenvalue weighted by Crippen LogP contribution is -2.31. The maximum atomic E-state index is 11.4. The van der Waals surface area contributed by atoms with Crippen molar-refractivity contribution in [3.63, 3.8) is 0 Å². The Hall–Kier alpha value is -0.840. The monoisotopic (exact) mass is 285 g/mol. The molecule has 0 radical (unpaired) electrons. The van der Waals surface area contributed by atoms with Crippen LogP contribution in [0.3, 0.4) is 0 Å². The smallest absolute Gasteiger partial charge is 0.280 e. The van der Waals surface area contributed by atoms with E-state index < -0.39 is 0 Å². The van der Waals surface area contributed by atoms with E-state index in [0.29, 0.717) is 10.5 Å². The first kappa shape index (κ1) is 11.6. The summed E-state index contributed by atoms with van der Waals surface area (Å²) in [5.41, 5.74) is 0.867. The summed E-state index contributed by atoms with van der Waals surface area (Å²) < 4.78 is 0.533. The number of aromatic amines is 1. The molecule has 0 bridgehead atoms. The Morgan fingerprint density at radius 2 is 2.38 bits per heavy atom. The highest BCUT2D eigenvalue weighted by atomic mass is 79.9. The molecule has 1 saturated carbocycles. The summed E-state index contributed by atoms with van der Waals surface area (Å²) in [6, 6.07) is 0.410. The van der Waals surface area contributed by atoms with Gasteiger partial charge in [-0.2, -0.15) is 5.10 Å². The highest BCUT2D eigenvalue weighted by molar-refractivity contribution is 9.10. The summed E-state index contributed by atoms with van der Waals surface area (Å²) in [5, 5.41) is 9.61. The Bertz CT molecular complexity index is 441. The zero-order chi connectivity index (χ0) is 11.8. The molecular weight excluding hydrogens is 270 g/mol. The summed E-state index contributed by atoms with van der Waals surface area (Å²) in [6.45, 7) is 4.51. The summed E-state index contributed by atoms with van der Waals surface area (Å²) in [6.07, 6.45) is 5.25. The fourth-order valence-electron chi connectivity index (χ4n) is 2.27. The number of hydrogen-bond donors (Lipinski definition) is 2. The number of halogens is 1. The van der Waals surface area contributed by atoms with Gasteiger partial charge in [-0.3, -0.25) is 4.79 Å². The highest BCUT2D eigenvalue weighted by Gasteiger charge is 2.34. The molecule has 1 aliphatic carbocycles. The van der Waals surface area contributed by atoms with Gasteiger partial charge in [0.05, 0.1) is 11.9 Å². The lowest BCUT2D eigenvalue weighted by atomic mass is 9.87. The molecule has 4 nitrogen and oxygen atoms in total. The zero-order valence-corrected chi connectivity index (χ0v) is 11.1. The van der Waals surface area contributed by atoms with Crippen LogP contribution in [0.1, 0.15) is 33.1 Å². The van der Waals surface area contributed by atoms with E-state index >= 15 is 0 Å². The number of hydrogen-bond acceptors (Lipinski definition) is 3. The van der Waals surface area contributed by atoms with E-state index in [-0.39, 0.29) is 11.0 Å². The van der Waals surface area contributed by atoms with E-state index in [1.54, 1.807) is 6.20 Å². The Morgan fingerprint density at radius 3 is 3.00 bits per heavy atom. The van der Waals surface area contributed by atoms with Crippen molar-refractivity contribution in [2.75, 3.05) is 5.32 Å². The highest BCUT2D eigenvalue weighted by Crippen LogP contribution is 2.39. The van der Waals surface area contributed by atoms with Crippen LogP contribution in [0.15, 0.2) is 15.5 Å². The molecular formula is C11H16BrN3O. The van der Waals surface area contributed by atoms with Crippen molar-refractivity contribution in [3.05, 3.63) is 21.0 Å². The number of aromatic nitrogens is 2. The topological polar surface area (TPSA) is 57.8 Å². The van der Waals surface area contributed by atoms with Gasteiger partial charge in [0.2, 0.25) is 0 Å². The van der Waals surface area contributed by atoms with E-state index in [1.807, 2.05) is 0 Å². The van der Waals surface area contributed by atoms with Crippen molar-refractivity contribution in [1.82, 2.24) is 10.2 Å². The van der Waals surface area contributed by atoms with Crippen LogP contribution in [0.2, 0.25) is 0 Å². The lowest BCUT2D eigenvalue weighted by Gasteiger charge is -2.28. The average Bonchev–Trinajstić information content (AvgIpc) is 2.54. The zero-order valence-electron chi connectivity index (χ0n) is 9.51. The Kier molecular flexibility index (Phi) is 3.06. The molecule has 0 saturated heterocycles. The van der Waals surface area contributed by atoms with Gasteiger partial charge < -0.3 is 5.32 Å². The van der Waals surface area contributed by atoms with Gasteiger partial charge in [-0.15, -0.1) is 0 Å². The molecule has 1 heterocycles. The van der Waals surface area contributed by atoms with Gasteiger partial charge in [0.25, 0.3) is 5.56 Å². The van der Waals surface area contributed by atoms with Gasteiger partial charge in [0.1, 0.15) is 4.47 Å². The molecule has 1 aromatic rings. The second-order valence-corrected chi connectivity index (χ2v) is 5.80. The summed E-state index contributed by atoms with van der Waals surface area (Å²) >= 11 is 3.28. The fraction of sp³-hybridized carbons (Fsp3) is 0.636. The van der Waals surface area contributed by atoms with Crippen molar-refractivity contribution in [2.24, 2.45) is 5.41 Å². The molecule has 0 spiro atoms. The first-order valence-corrected chi connectivity index (χ1v) is 6.30. The molecule has 2 N–H and O–H groups in total. The first-order valence-electron chi connectivity index (χ1n) is 5.50. The van der Waals surface area contributed by atoms with Gasteiger partial charge in [-0.25, -0.2) is 5.10 Å². The molecule has 0 aromatic carbocycles. The van der Waals surface area contributed by atoms with Crippen LogP contribution < -0.4 is 10.9 Å². The molecule has 1 aromatic heterocycles. The van der Waals surface area contributed by atoms with Gasteiger partial charge in [0, 0.05) is 6.04 Å². The fourth-order valence-corrected chi connectivity index (χ4v) is 2.57. The number of nitrogens with zero attached hydrogens (tertiary/aromatic N) is 1. The van der Waals surface area contributed by atoms with Gasteiger partial charge >= 0.3 is 0 Å². The molecule has 1 unspecified atom stereocenters. The van der Waals surface area contributed by atoms with Crippen LogP contribution in [0.25, 0.3) is 0 Å². The maximum absolute atomic E-state index is 11.4. The minimum Gasteiger partial charge on any atom is -0.379 e. The van der Waals surface area contributed by atoms with Crippen LogP contribution in [0, 0.1) is 5.41 Å². The quantitative estimate of drug-likeness (QED) is 0.878. The Morgan fingerprint density at radius 1 is 1.62 bits per heavy atom. The molecule has 16 heavy (non-hydrogen) atoms. The molecule has 1 fully saturated rings. The third kappa shape index (κ3) is 2.14. The molecule has 0 aliphatic heterocycles. The number of rotatable bonds is 2. The molecule has 2 rings (SSSR count). The van der Waals surface area contributed by atoms with Crippen LogP contribution >= 0.6 is 15.9 Å². The van der Waals surface area contributed by atoms with Gasteiger partial charge in [-0.05, 0) is 34.2 Å². The third-order valence-electron chi connectivity index (χ3n) is 3.38. The van der Waals surface area contributed by atoms with Crippen LogP contribution in [-0.2, 0) is 0 Å². The number of H-pyrrole nitrogens is 1. The SMILES string of the molecule is CC1(C)CCCC1Nc1cn[nH]c(=O)c1Br. The second-order valence-electron chi connectivity index (χ2n) is 5.00. The van der Waals surface area contributed by atoms with E-state index in [4.69, 9.17) is 0 Å². The molecule has 5 heteroatoms. The van der Waals surface area contributed by atoms with Crippen molar-refractivity contribution >= 4 is 21.6 Å². The van der Waals surface area contributed by atoms with E-state index in [1.165, 1.54) is 12.8 Å². The summed E-state index contributed by atoms with van der Waals surface area (Å²) in [5.74, 6) is 0. The van der Waals surface area contributed by atoms with Crippen molar-refractivity contribution in [3.8, 4) is 0 Å². The van der Waals surface area contributed by atoms with Crippen LogP contribution in [0.4, 0.5) is 5.69 Å². The van der Waals surface area contributed by atoms with E-state index in [2.05, 4.69) is 45.3 Å². The number of nitrogens with one attached hydrogen (secondary N) is 2. The largest absolute Gasteiger partial charge is 0.379 e. The molecule has 88 valence electrons. The van der Waals surface area contributed by atoms with Crippen molar-refractivity contribution < 1.29 is 0 Å². The number of anilines is 1. The minimum atomic E-state index is -0.194. The first-order chi connectivity index (χ1) is 7.50. The van der Waals surface area contributed by atoms with Crippen LogP contribution in [-0.4, -0.2) is 16.2 Å². The summed E-state index contributed by atoms with van der Waals surface area (Å²) in [7, 11) is 0. The minimum absolute atomic E-state index is 0.194. The Labute approximate surface area is 103 Å². The maximum Gasteiger partial charge on any atom is 0.280 e. The second kappa shape index (κ2) is 4.20. The predicted molar refractivity (Wildman–Crippen MR) is 67.6 cm³/mol. The molecule has 1 atom stereocenters. The van der Waals surface area contributed by atoms with Crippen molar-refractivity contribution in [2.45, 2.75) is 39.2 Å². The predicted octanol–water partition coefficient (Wildman–Crippen LogP) is 2.52. The van der Waals surface area contributed by atoms with Crippen LogP contribution in [0.5, 0.6) is 0 Å². The Balaban J connectivity index is 2.21. The van der Waals surface area contributed by atoms with Gasteiger partial charge in [-0.1, -0.05) is 20.3 Å². The summed E-state index contributed by atoms with van der Waals surface area (Å²) in [4.78, 5) is 11.4. The molecule has 0 amide bonds. The standard InChI is InChI=1S/C11H16BrN3O/c1-11(2)5-3-4-8(11)14-7-6-13-15-10(16)9(7)12/h6,8H,3-5H2,1-2H3,(H2,14,15,16). The van der Waals surface area contributed by atoms with Crippen molar-refractivity contribution in [1.29, 1.82) is 0 Å². The normalized spacial score (nSPS) is 23.3. The van der Waals surface area contributed by atoms with E-state index in [9.17, 15) is 4.79 Å². The lowest BCUT2D eigenvalue weighted by molar-refractivity contribution is 0.350. The average molecular weight is 286 g/mol. The van der Waals surface area contributed by atoms with Gasteiger partial charge in [0.15, 0.2) is 0 Å². The molecule has 1 aliphatic rings.